The van der Waals surface area contributed by atoms with Gasteiger partial charge in [-0.1, -0.05) is 68.1 Å². The summed E-state index contributed by atoms with van der Waals surface area (Å²) in [5.41, 5.74) is 3.03. The molecule has 1 aliphatic heterocycles. The van der Waals surface area contributed by atoms with Crippen LogP contribution in [0.15, 0.2) is 54.6 Å². The smallest absolute Gasteiger partial charge is 0.251 e. The number of rotatable bonds is 6. The summed E-state index contributed by atoms with van der Waals surface area (Å²) in [7, 11) is 0. The number of nitrogens with zero attached hydrogens (tertiary/aromatic N) is 1. The van der Waals surface area contributed by atoms with Gasteiger partial charge in [0, 0.05) is 18.2 Å². The maximum absolute atomic E-state index is 12.7. The van der Waals surface area contributed by atoms with Crippen LogP contribution in [-0.4, -0.2) is 35.1 Å². The molecule has 1 aliphatic carbocycles. The third kappa shape index (κ3) is 5.25. The average Bonchev–Trinajstić information content (AvgIpc) is 2.96. The molecule has 2 fully saturated rings. The van der Waals surface area contributed by atoms with Crippen molar-refractivity contribution in [3.8, 4) is 0 Å². The molecule has 1 unspecified atom stereocenters. The molecular formula is C25H30N2O2S. The fourth-order valence-corrected chi connectivity index (χ4v) is 5.58. The molecule has 4 rings (SSSR count). The summed E-state index contributed by atoms with van der Waals surface area (Å²) in [6.45, 7) is 0.713. The fourth-order valence-electron chi connectivity index (χ4n) is 4.36. The van der Waals surface area contributed by atoms with Crippen molar-refractivity contribution in [2.75, 3.05) is 12.3 Å². The summed E-state index contributed by atoms with van der Waals surface area (Å²) in [5, 5.41) is 3.24. The molecule has 2 aromatic carbocycles. The lowest BCUT2D eigenvalue weighted by Crippen LogP contribution is -2.34. The SMILES string of the molecule is O=C(NC1CCCCCC1)c1ccc(C2SCC(=O)N2CCc2ccccc2)cc1. The minimum absolute atomic E-state index is 0.0181. The fraction of sp³-hybridized carbons (Fsp3) is 0.440. The molecule has 5 heteroatoms. The van der Waals surface area contributed by atoms with Crippen molar-refractivity contribution >= 4 is 23.6 Å². The summed E-state index contributed by atoms with van der Waals surface area (Å²) in [6.07, 6.45) is 7.98. The van der Waals surface area contributed by atoms with E-state index in [0.29, 0.717) is 23.9 Å². The Morgan fingerprint density at radius 2 is 1.67 bits per heavy atom. The molecule has 0 radical (unpaired) electrons. The van der Waals surface area contributed by atoms with Crippen molar-refractivity contribution in [2.24, 2.45) is 0 Å². The largest absolute Gasteiger partial charge is 0.349 e. The Kier molecular flexibility index (Phi) is 7.11. The number of hydrogen-bond donors (Lipinski definition) is 1. The maximum Gasteiger partial charge on any atom is 0.251 e. The summed E-state index contributed by atoms with van der Waals surface area (Å²) in [4.78, 5) is 27.1. The molecule has 1 saturated heterocycles. The lowest BCUT2D eigenvalue weighted by Gasteiger charge is -2.24. The zero-order chi connectivity index (χ0) is 20.8. The molecule has 2 aliphatic rings. The van der Waals surface area contributed by atoms with Crippen LogP contribution in [0, 0.1) is 0 Å². The van der Waals surface area contributed by atoms with E-state index in [1.54, 1.807) is 11.8 Å². The molecule has 1 saturated carbocycles. The minimum atomic E-state index is 0.0181. The zero-order valence-corrected chi connectivity index (χ0v) is 18.2. The van der Waals surface area contributed by atoms with E-state index < -0.39 is 0 Å². The van der Waals surface area contributed by atoms with Crippen molar-refractivity contribution in [3.63, 3.8) is 0 Å². The molecule has 2 aromatic rings. The van der Waals surface area contributed by atoms with E-state index in [1.165, 1.54) is 31.2 Å². The first kappa shape index (κ1) is 21.0. The molecule has 1 atom stereocenters. The summed E-state index contributed by atoms with van der Waals surface area (Å²) in [5.74, 6) is 0.726. The van der Waals surface area contributed by atoms with Crippen molar-refractivity contribution in [1.29, 1.82) is 0 Å². The van der Waals surface area contributed by atoms with Crippen LogP contribution in [0.1, 0.15) is 65.4 Å². The quantitative estimate of drug-likeness (QED) is 0.670. The number of carbonyl (C=O) groups is 2. The standard InChI is InChI=1S/C25H30N2O2S/c28-23-18-30-25(27(23)17-16-19-8-4-3-5-9-19)21-14-12-20(13-15-21)24(29)26-22-10-6-1-2-7-11-22/h3-5,8-9,12-15,22,25H,1-2,6-7,10-11,16-18H2,(H,26,29). The van der Waals surface area contributed by atoms with Crippen LogP contribution in [0.25, 0.3) is 0 Å². The predicted octanol–water partition coefficient (Wildman–Crippen LogP) is 4.96. The number of nitrogens with one attached hydrogen (secondary N) is 1. The van der Waals surface area contributed by atoms with E-state index in [0.717, 1.165) is 24.8 Å². The van der Waals surface area contributed by atoms with Gasteiger partial charge in [-0.3, -0.25) is 9.59 Å². The zero-order valence-electron chi connectivity index (χ0n) is 17.4. The monoisotopic (exact) mass is 422 g/mol. The Balaban J connectivity index is 1.38. The molecule has 2 amide bonds. The van der Waals surface area contributed by atoms with Gasteiger partial charge < -0.3 is 10.2 Å². The van der Waals surface area contributed by atoms with E-state index in [2.05, 4.69) is 17.4 Å². The Bertz CT molecular complexity index is 845. The van der Waals surface area contributed by atoms with Crippen LogP contribution in [0.4, 0.5) is 0 Å². The van der Waals surface area contributed by atoms with Crippen LogP contribution in [-0.2, 0) is 11.2 Å². The molecule has 0 spiro atoms. The van der Waals surface area contributed by atoms with Crippen molar-refractivity contribution < 1.29 is 9.59 Å². The Morgan fingerprint density at radius 1 is 0.967 bits per heavy atom. The number of benzene rings is 2. The van der Waals surface area contributed by atoms with Gasteiger partial charge in [-0.2, -0.15) is 0 Å². The van der Waals surface area contributed by atoms with Gasteiger partial charge >= 0.3 is 0 Å². The van der Waals surface area contributed by atoms with Crippen molar-refractivity contribution in [3.05, 3.63) is 71.3 Å². The Morgan fingerprint density at radius 3 is 2.37 bits per heavy atom. The number of amides is 2. The van der Waals surface area contributed by atoms with Crippen molar-refractivity contribution in [1.82, 2.24) is 10.2 Å². The highest BCUT2D eigenvalue weighted by Gasteiger charge is 2.32. The summed E-state index contributed by atoms with van der Waals surface area (Å²) in [6, 6.07) is 18.4. The van der Waals surface area contributed by atoms with E-state index in [4.69, 9.17) is 0 Å². The van der Waals surface area contributed by atoms with Crippen LogP contribution in [0.2, 0.25) is 0 Å². The lowest BCUT2D eigenvalue weighted by molar-refractivity contribution is -0.128. The molecule has 1 N–H and O–H groups in total. The number of carbonyl (C=O) groups excluding carboxylic acids is 2. The second-order valence-electron chi connectivity index (χ2n) is 8.27. The van der Waals surface area contributed by atoms with E-state index >= 15 is 0 Å². The molecule has 158 valence electrons. The highest BCUT2D eigenvalue weighted by molar-refractivity contribution is 8.00. The third-order valence-corrected chi connectivity index (χ3v) is 7.36. The predicted molar refractivity (Wildman–Crippen MR) is 122 cm³/mol. The van der Waals surface area contributed by atoms with Gasteiger partial charge in [-0.25, -0.2) is 0 Å². The van der Waals surface area contributed by atoms with Crippen LogP contribution in [0.5, 0.6) is 0 Å². The maximum atomic E-state index is 12.7. The highest BCUT2D eigenvalue weighted by Crippen LogP contribution is 2.38. The number of hydrogen-bond acceptors (Lipinski definition) is 3. The third-order valence-electron chi connectivity index (χ3n) is 6.10. The van der Waals surface area contributed by atoms with Gasteiger partial charge in [0.25, 0.3) is 5.91 Å². The lowest BCUT2D eigenvalue weighted by atomic mass is 10.1. The molecular weight excluding hydrogens is 392 g/mol. The highest BCUT2D eigenvalue weighted by atomic mass is 32.2. The van der Waals surface area contributed by atoms with E-state index in [1.807, 2.05) is 47.4 Å². The van der Waals surface area contributed by atoms with Gasteiger partial charge in [-0.15, -0.1) is 11.8 Å². The topological polar surface area (TPSA) is 49.4 Å². The Labute approximate surface area is 183 Å². The second-order valence-corrected chi connectivity index (χ2v) is 9.34. The summed E-state index contributed by atoms with van der Waals surface area (Å²) >= 11 is 1.67. The average molecular weight is 423 g/mol. The van der Waals surface area contributed by atoms with E-state index in [-0.39, 0.29) is 17.2 Å². The normalized spacial score (nSPS) is 20.2. The van der Waals surface area contributed by atoms with Crippen LogP contribution >= 0.6 is 11.8 Å². The first-order valence-corrected chi connectivity index (χ1v) is 12.1. The molecule has 4 nitrogen and oxygen atoms in total. The van der Waals surface area contributed by atoms with Crippen molar-refractivity contribution in [2.45, 2.75) is 56.4 Å². The second kappa shape index (κ2) is 10.2. The van der Waals surface area contributed by atoms with Gasteiger partial charge in [0.05, 0.1) is 5.75 Å². The van der Waals surface area contributed by atoms with Gasteiger partial charge in [-0.05, 0) is 42.5 Å². The van der Waals surface area contributed by atoms with Crippen LogP contribution in [0.3, 0.4) is 0 Å². The summed E-state index contributed by atoms with van der Waals surface area (Å²) < 4.78 is 0. The number of thioether (sulfide) groups is 1. The molecule has 1 heterocycles. The first-order valence-electron chi connectivity index (χ1n) is 11.1. The van der Waals surface area contributed by atoms with Crippen LogP contribution < -0.4 is 5.32 Å². The first-order chi connectivity index (χ1) is 14.7. The minimum Gasteiger partial charge on any atom is -0.349 e. The van der Waals surface area contributed by atoms with Gasteiger partial charge in [0.2, 0.25) is 5.91 Å². The molecule has 30 heavy (non-hydrogen) atoms. The van der Waals surface area contributed by atoms with Gasteiger partial charge in [0.1, 0.15) is 5.37 Å². The Hall–Kier alpha value is -2.27. The molecule has 0 bridgehead atoms. The van der Waals surface area contributed by atoms with Gasteiger partial charge in [0.15, 0.2) is 0 Å². The van der Waals surface area contributed by atoms with E-state index in [9.17, 15) is 9.59 Å². The molecule has 0 aromatic heterocycles.